The molecule has 0 radical (unpaired) electrons. The van der Waals surface area contributed by atoms with Crippen LogP contribution in [-0.2, 0) is 24.2 Å². The molecule has 2 aromatic rings. The van der Waals surface area contributed by atoms with Crippen molar-refractivity contribution in [1.82, 2.24) is 5.32 Å². The van der Waals surface area contributed by atoms with Crippen molar-refractivity contribution in [2.24, 2.45) is 0 Å². The van der Waals surface area contributed by atoms with Gasteiger partial charge >= 0.3 is 12.0 Å². The summed E-state index contributed by atoms with van der Waals surface area (Å²) >= 11 is 0. The van der Waals surface area contributed by atoms with Crippen molar-refractivity contribution >= 4 is 33.4 Å². The Balaban J connectivity index is 1.40. The van der Waals surface area contributed by atoms with Gasteiger partial charge in [0.05, 0.1) is 17.1 Å². The highest BCUT2D eigenvalue weighted by Gasteiger charge is 2.18. The molecule has 0 bridgehead atoms. The monoisotopic (exact) mass is 462 g/mol. The molecule has 0 saturated heterocycles. The number of fused-ring (bicyclic) bond motifs is 1. The summed E-state index contributed by atoms with van der Waals surface area (Å²) in [5.74, 6) is -1.18. The van der Waals surface area contributed by atoms with Crippen LogP contribution in [0.5, 0.6) is 11.5 Å². The Labute approximate surface area is 184 Å². The molecule has 170 valence electrons. The number of carbonyl (C=O) groups excluding carboxylic acids is 3. The Hall–Kier alpha value is -3.60. The van der Waals surface area contributed by atoms with Crippen LogP contribution in [0, 0.1) is 6.92 Å². The first kappa shape index (κ1) is 23.1. The van der Waals surface area contributed by atoms with Crippen molar-refractivity contribution in [1.29, 1.82) is 0 Å². The van der Waals surface area contributed by atoms with E-state index in [1.165, 1.54) is 12.1 Å². The lowest BCUT2D eigenvalue weighted by atomic mass is 10.2. The number of sulfone groups is 1. The number of nitrogens with one attached hydrogen (secondary N) is 2. The fourth-order valence-electron chi connectivity index (χ4n) is 2.75. The molecule has 11 heteroatoms. The average molecular weight is 462 g/mol. The zero-order valence-electron chi connectivity index (χ0n) is 17.3. The number of anilines is 1. The molecule has 10 nitrogen and oxygen atoms in total. The lowest BCUT2D eigenvalue weighted by molar-refractivity contribution is -0.147. The number of benzene rings is 2. The van der Waals surface area contributed by atoms with Crippen molar-refractivity contribution < 1.29 is 37.0 Å². The molecule has 0 saturated carbocycles. The summed E-state index contributed by atoms with van der Waals surface area (Å²) in [6.45, 7) is 1.93. The first-order chi connectivity index (χ1) is 15.2. The van der Waals surface area contributed by atoms with E-state index in [1.54, 1.807) is 30.3 Å². The topological polar surface area (TPSA) is 137 Å². The zero-order valence-corrected chi connectivity index (χ0v) is 18.1. The van der Waals surface area contributed by atoms with Crippen molar-refractivity contribution in [3.63, 3.8) is 0 Å². The highest BCUT2D eigenvalue weighted by atomic mass is 32.2. The zero-order chi connectivity index (χ0) is 23.1. The lowest BCUT2D eigenvalue weighted by Crippen LogP contribution is -2.37. The van der Waals surface area contributed by atoms with E-state index in [0.717, 1.165) is 5.56 Å². The first-order valence-electron chi connectivity index (χ1n) is 9.68. The molecule has 0 atom stereocenters. The quantitative estimate of drug-likeness (QED) is 0.595. The normalized spacial score (nSPS) is 12.5. The van der Waals surface area contributed by atoms with Crippen molar-refractivity contribution in [3.8, 4) is 11.5 Å². The van der Waals surface area contributed by atoms with Crippen molar-refractivity contribution in [2.75, 3.05) is 30.9 Å². The maximum absolute atomic E-state index is 12.2. The minimum absolute atomic E-state index is 0.101. The number of urea groups is 1. The number of amides is 3. The van der Waals surface area contributed by atoms with E-state index < -0.39 is 46.5 Å². The lowest BCUT2D eigenvalue weighted by Gasteiger charge is -2.19. The molecule has 1 heterocycles. The number of carbonyl (C=O) groups is 3. The Kier molecular flexibility index (Phi) is 7.31. The van der Waals surface area contributed by atoms with E-state index in [4.69, 9.17) is 14.2 Å². The molecule has 0 unspecified atom stereocenters. The molecule has 0 aromatic heterocycles. The average Bonchev–Trinajstić information content (AvgIpc) is 2.76. The largest absolute Gasteiger partial charge is 0.486 e. The van der Waals surface area contributed by atoms with Crippen LogP contribution in [0.1, 0.15) is 12.0 Å². The number of hydrogen-bond donors (Lipinski definition) is 2. The molecule has 32 heavy (non-hydrogen) atoms. The van der Waals surface area contributed by atoms with Crippen LogP contribution in [0.3, 0.4) is 0 Å². The third-order valence-electron chi connectivity index (χ3n) is 4.37. The number of rotatable bonds is 7. The molecule has 3 amide bonds. The van der Waals surface area contributed by atoms with E-state index >= 15 is 0 Å². The molecular formula is C21H22N2O8S. The molecule has 1 aliphatic rings. The van der Waals surface area contributed by atoms with E-state index in [1.807, 2.05) is 12.2 Å². The van der Waals surface area contributed by atoms with Gasteiger partial charge in [0.25, 0.3) is 5.91 Å². The molecule has 0 fully saturated rings. The fourth-order valence-corrected chi connectivity index (χ4v) is 3.97. The minimum Gasteiger partial charge on any atom is -0.486 e. The third-order valence-corrected chi connectivity index (χ3v) is 6.10. The van der Waals surface area contributed by atoms with Gasteiger partial charge in [-0.15, -0.1) is 0 Å². The van der Waals surface area contributed by atoms with Gasteiger partial charge < -0.3 is 19.5 Å². The van der Waals surface area contributed by atoms with Crippen LogP contribution < -0.4 is 20.1 Å². The Morgan fingerprint density at radius 3 is 2.41 bits per heavy atom. The van der Waals surface area contributed by atoms with Gasteiger partial charge in [-0.3, -0.25) is 14.9 Å². The van der Waals surface area contributed by atoms with Crippen LogP contribution in [0.15, 0.2) is 47.4 Å². The van der Waals surface area contributed by atoms with Gasteiger partial charge in [0.2, 0.25) is 0 Å². The predicted octanol–water partition coefficient (Wildman–Crippen LogP) is 1.82. The number of imide groups is 1. The SMILES string of the molecule is Cc1ccc(S(=O)(=O)CCC(=O)OCC(=O)NC(=O)Nc2ccc3c(c2)OCCO3)cc1. The van der Waals surface area contributed by atoms with Gasteiger partial charge in [-0.05, 0) is 31.2 Å². The first-order valence-corrected chi connectivity index (χ1v) is 11.3. The second kappa shape index (κ2) is 10.1. The van der Waals surface area contributed by atoms with Gasteiger partial charge in [0.1, 0.15) is 13.2 Å². The third kappa shape index (κ3) is 6.45. The molecule has 2 aromatic carbocycles. The van der Waals surface area contributed by atoms with Gasteiger partial charge in [-0.25, -0.2) is 13.2 Å². The maximum atomic E-state index is 12.2. The van der Waals surface area contributed by atoms with Crippen LogP contribution in [0.25, 0.3) is 0 Å². The second-order valence-corrected chi connectivity index (χ2v) is 9.01. The summed E-state index contributed by atoms with van der Waals surface area (Å²) < 4.78 is 40.0. The van der Waals surface area contributed by atoms with Crippen LogP contribution in [-0.4, -0.2) is 51.9 Å². The van der Waals surface area contributed by atoms with Gasteiger partial charge in [-0.1, -0.05) is 17.7 Å². The van der Waals surface area contributed by atoms with E-state index in [0.29, 0.717) is 30.4 Å². The number of ether oxygens (including phenoxy) is 3. The van der Waals surface area contributed by atoms with E-state index in [2.05, 4.69) is 5.32 Å². The smallest absolute Gasteiger partial charge is 0.325 e. The number of esters is 1. The van der Waals surface area contributed by atoms with Crippen molar-refractivity contribution in [2.45, 2.75) is 18.2 Å². The summed E-state index contributed by atoms with van der Waals surface area (Å²) in [4.78, 5) is 35.7. The second-order valence-electron chi connectivity index (χ2n) is 6.90. The summed E-state index contributed by atoms with van der Waals surface area (Å²) in [5.41, 5.74) is 1.28. The standard InChI is InChI=1S/C21H22N2O8S/c1-14-2-5-16(6-3-14)32(27,28)11-8-20(25)31-13-19(24)23-21(26)22-15-4-7-17-18(12-15)30-10-9-29-17/h2-7,12H,8-11,13H2,1H3,(H2,22,23,24,26). The Morgan fingerprint density at radius 2 is 1.69 bits per heavy atom. The fraction of sp³-hybridized carbons (Fsp3) is 0.286. The maximum Gasteiger partial charge on any atom is 0.325 e. The minimum atomic E-state index is -3.66. The van der Waals surface area contributed by atoms with E-state index in [-0.39, 0.29) is 4.90 Å². The van der Waals surface area contributed by atoms with Gasteiger partial charge in [0.15, 0.2) is 27.9 Å². The summed E-state index contributed by atoms with van der Waals surface area (Å²) in [7, 11) is -3.66. The van der Waals surface area contributed by atoms with E-state index in [9.17, 15) is 22.8 Å². The summed E-state index contributed by atoms with van der Waals surface area (Å²) in [6, 6.07) is 10.2. The number of aryl methyl sites for hydroxylation is 1. The Bertz CT molecular complexity index is 1110. The summed E-state index contributed by atoms with van der Waals surface area (Å²) in [6.07, 6.45) is -0.424. The molecule has 0 spiro atoms. The van der Waals surface area contributed by atoms with Gasteiger partial charge in [0, 0.05) is 11.8 Å². The molecule has 1 aliphatic heterocycles. The van der Waals surface area contributed by atoms with Crippen molar-refractivity contribution in [3.05, 3.63) is 48.0 Å². The highest BCUT2D eigenvalue weighted by Crippen LogP contribution is 2.32. The Morgan fingerprint density at radius 1 is 1.00 bits per heavy atom. The van der Waals surface area contributed by atoms with Gasteiger partial charge in [-0.2, -0.15) is 0 Å². The number of hydrogen-bond acceptors (Lipinski definition) is 8. The van der Waals surface area contributed by atoms with Crippen LogP contribution >= 0.6 is 0 Å². The van der Waals surface area contributed by atoms with Crippen LogP contribution in [0.2, 0.25) is 0 Å². The highest BCUT2D eigenvalue weighted by molar-refractivity contribution is 7.91. The summed E-state index contributed by atoms with van der Waals surface area (Å²) in [5, 5.41) is 4.46. The molecule has 3 rings (SSSR count). The molecule has 0 aliphatic carbocycles. The van der Waals surface area contributed by atoms with Crippen LogP contribution in [0.4, 0.5) is 10.5 Å². The molecule has 2 N–H and O–H groups in total. The molecular weight excluding hydrogens is 440 g/mol. The predicted molar refractivity (Wildman–Crippen MR) is 113 cm³/mol.